The van der Waals surface area contributed by atoms with Crippen LogP contribution in [0.1, 0.15) is 206 Å². The van der Waals surface area contributed by atoms with Crippen molar-refractivity contribution in [3.8, 4) is 0 Å². The molecule has 1 nitrogen and oxygen atoms in total. The zero-order valence-corrected chi connectivity index (χ0v) is 32.1. The maximum absolute atomic E-state index is 2.42. The monoisotopic (exact) mass is 638 g/mol. The predicted octanol–water partition coefficient (Wildman–Crippen LogP) is 15.1. The van der Waals surface area contributed by atoms with Gasteiger partial charge in [-0.25, -0.2) is 0 Å². The van der Waals surface area contributed by atoms with E-state index in [4.69, 9.17) is 0 Å². The number of hydrogen-bond acceptors (Lipinski definition) is 1. The molecular formula is C45H83N. The Bertz CT molecular complexity index is 684. The van der Waals surface area contributed by atoms with E-state index in [0.29, 0.717) is 5.41 Å². The van der Waals surface area contributed by atoms with Gasteiger partial charge in [0.25, 0.3) is 0 Å². The van der Waals surface area contributed by atoms with E-state index in [1.165, 1.54) is 173 Å². The molecule has 0 aliphatic heterocycles. The molecule has 0 aromatic carbocycles. The number of unbranched alkanes of at least 4 members (excludes halogenated alkanes) is 18. The summed E-state index contributed by atoms with van der Waals surface area (Å²) < 4.78 is 0. The minimum absolute atomic E-state index is 0.716. The first kappa shape index (κ1) is 42.9. The normalized spacial score (nSPS) is 15.5. The van der Waals surface area contributed by atoms with Gasteiger partial charge in [-0.3, -0.25) is 0 Å². The lowest BCUT2D eigenvalue weighted by atomic mass is 9.56. The van der Waals surface area contributed by atoms with E-state index >= 15 is 0 Å². The third-order valence-electron chi connectivity index (χ3n) is 10.5. The van der Waals surface area contributed by atoms with Gasteiger partial charge in [0.15, 0.2) is 0 Å². The second-order valence-electron chi connectivity index (χ2n) is 15.4. The molecule has 1 heteroatoms. The molecule has 1 rings (SSSR count). The molecule has 0 heterocycles. The Hall–Kier alpha value is -1.08. The average molecular weight is 638 g/mol. The van der Waals surface area contributed by atoms with Crippen LogP contribution in [0.25, 0.3) is 0 Å². The summed E-state index contributed by atoms with van der Waals surface area (Å²) in [4.78, 5) is 2.36. The summed E-state index contributed by atoms with van der Waals surface area (Å²) in [5, 5.41) is 0. The number of allylic oxidation sites excluding steroid dienone is 8. The Balaban J connectivity index is 2.12. The number of hydrogen-bond donors (Lipinski definition) is 0. The van der Waals surface area contributed by atoms with Crippen molar-refractivity contribution in [3.63, 3.8) is 0 Å². The lowest BCUT2D eigenvalue weighted by molar-refractivity contribution is 0.0232. The van der Waals surface area contributed by atoms with E-state index in [1.54, 1.807) is 12.8 Å². The second kappa shape index (κ2) is 32.5. The molecule has 1 aliphatic rings. The number of nitrogens with zero attached hydrogens (tertiary/aromatic N) is 1. The molecule has 0 saturated heterocycles. The molecule has 1 fully saturated rings. The van der Waals surface area contributed by atoms with E-state index in [2.05, 4.69) is 81.5 Å². The first-order valence-electron chi connectivity index (χ1n) is 20.9. The van der Waals surface area contributed by atoms with Crippen LogP contribution in [0.2, 0.25) is 0 Å². The molecule has 0 aromatic rings. The Kier molecular flexibility index (Phi) is 30.3. The summed E-state index contributed by atoms with van der Waals surface area (Å²) in [7, 11) is 4.45. The highest BCUT2D eigenvalue weighted by Crippen LogP contribution is 2.54. The smallest absolute Gasteiger partial charge is 0.00247 e. The van der Waals surface area contributed by atoms with Crippen molar-refractivity contribution < 1.29 is 0 Å². The maximum atomic E-state index is 2.42. The van der Waals surface area contributed by atoms with Crippen LogP contribution in [0.4, 0.5) is 0 Å². The zero-order chi connectivity index (χ0) is 33.2. The van der Waals surface area contributed by atoms with Gasteiger partial charge in [-0.1, -0.05) is 152 Å². The van der Waals surface area contributed by atoms with Gasteiger partial charge in [0.2, 0.25) is 0 Å². The Morgan fingerprint density at radius 2 is 0.826 bits per heavy atom. The van der Waals surface area contributed by atoms with Gasteiger partial charge in [0.05, 0.1) is 0 Å². The molecule has 0 unspecified atom stereocenters. The van der Waals surface area contributed by atoms with Crippen LogP contribution in [0.5, 0.6) is 0 Å². The molecule has 0 spiro atoms. The van der Waals surface area contributed by atoms with Crippen LogP contribution in [0.15, 0.2) is 48.6 Å². The summed E-state index contributed by atoms with van der Waals surface area (Å²) in [5.74, 6) is 1.02. The van der Waals surface area contributed by atoms with Crippen molar-refractivity contribution in [1.29, 1.82) is 0 Å². The third kappa shape index (κ3) is 26.9. The summed E-state index contributed by atoms with van der Waals surface area (Å²) in [6.45, 7) is 5.82. The van der Waals surface area contributed by atoms with Crippen molar-refractivity contribution in [2.75, 3.05) is 20.6 Å². The summed E-state index contributed by atoms with van der Waals surface area (Å²) in [6.07, 6.45) is 60.7. The molecule has 46 heavy (non-hydrogen) atoms. The van der Waals surface area contributed by atoms with Crippen LogP contribution in [-0.2, 0) is 0 Å². The lowest BCUT2D eigenvalue weighted by Gasteiger charge is -2.49. The fourth-order valence-electron chi connectivity index (χ4n) is 7.57. The van der Waals surface area contributed by atoms with Crippen molar-refractivity contribution in [1.82, 2.24) is 4.90 Å². The van der Waals surface area contributed by atoms with Gasteiger partial charge in [-0.15, -0.1) is 0 Å². The molecule has 0 bridgehead atoms. The highest BCUT2D eigenvalue weighted by Gasteiger charge is 2.42. The first-order chi connectivity index (χ1) is 22.6. The molecule has 0 N–H and O–H groups in total. The zero-order valence-electron chi connectivity index (χ0n) is 32.1. The molecule has 0 radical (unpaired) electrons. The molecule has 1 saturated carbocycles. The largest absolute Gasteiger partial charge is 0.309 e. The van der Waals surface area contributed by atoms with Gasteiger partial charge < -0.3 is 4.90 Å². The van der Waals surface area contributed by atoms with Gasteiger partial charge in [0, 0.05) is 0 Å². The molecular weight excluding hydrogens is 555 g/mol. The Morgan fingerprint density at radius 3 is 1.22 bits per heavy atom. The average Bonchev–Trinajstić information content (AvgIpc) is 3.03. The van der Waals surface area contributed by atoms with Crippen LogP contribution < -0.4 is 0 Å². The van der Waals surface area contributed by atoms with Gasteiger partial charge in [-0.2, -0.15) is 0 Å². The van der Waals surface area contributed by atoms with E-state index < -0.39 is 0 Å². The fraction of sp³-hybridized carbons (Fsp3) is 0.822. The molecule has 0 amide bonds. The van der Waals surface area contributed by atoms with Crippen molar-refractivity contribution in [2.45, 2.75) is 206 Å². The van der Waals surface area contributed by atoms with Crippen LogP contribution in [-0.4, -0.2) is 25.5 Å². The quantitative estimate of drug-likeness (QED) is 0.0501. The third-order valence-corrected chi connectivity index (χ3v) is 10.5. The van der Waals surface area contributed by atoms with E-state index in [0.717, 1.165) is 18.8 Å². The summed E-state index contributed by atoms with van der Waals surface area (Å²) >= 11 is 0. The van der Waals surface area contributed by atoms with Crippen molar-refractivity contribution >= 4 is 0 Å². The highest BCUT2D eigenvalue weighted by molar-refractivity contribution is 4.95. The Labute approximate surface area is 291 Å². The van der Waals surface area contributed by atoms with Crippen LogP contribution in [0, 0.1) is 11.3 Å². The summed E-state index contributed by atoms with van der Waals surface area (Å²) in [6, 6.07) is 0. The Morgan fingerprint density at radius 1 is 0.457 bits per heavy atom. The van der Waals surface area contributed by atoms with E-state index in [-0.39, 0.29) is 0 Å². The first-order valence-corrected chi connectivity index (χ1v) is 20.9. The lowest BCUT2D eigenvalue weighted by Crippen LogP contribution is -2.37. The maximum Gasteiger partial charge on any atom is -0.00247 e. The standard InChI is InChI=1S/C45H83N/c1-5-7-9-11-13-15-17-19-21-23-25-27-29-31-33-35-39-45(42-44(43-45)38-37-41-46(3)4)40-36-34-32-30-28-26-24-22-20-18-16-14-12-10-8-6-2/h13-16,19-22,44H,5-12,17-18,23-43H2,1-4H3/b15-13-,16-14-,21-19-,22-20-. The number of rotatable bonds is 34. The molecule has 0 aromatic heterocycles. The van der Waals surface area contributed by atoms with Crippen LogP contribution >= 0.6 is 0 Å². The van der Waals surface area contributed by atoms with Crippen molar-refractivity contribution in [2.24, 2.45) is 11.3 Å². The summed E-state index contributed by atoms with van der Waals surface area (Å²) in [5.41, 5.74) is 0.716. The van der Waals surface area contributed by atoms with E-state index in [1.807, 2.05) is 0 Å². The molecule has 268 valence electrons. The molecule has 1 aliphatic carbocycles. The highest BCUT2D eigenvalue weighted by atomic mass is 15.0. The van der Waals surface area contributed by atoms with Crippen molar-refractivity contribution in [3.05, 3.63) is 48.6 Å². The minimum Gasteiger partial charge on any atom is -0.309 e. The van der Waals surface area contributed by atoms with Gasteiger partial charge in [0.1, 0.15) is 0 Å². The second-order valence-corrected chi connectivity index (χ2v) is 15.4. The van der Waals surface area contributed by atoms with E-state index in [9.17, 15) is 0 Å². The fourth-order valence-corrected chi connectivity index (χ4v) is 7.57. The van der Waals surface area contributed by atoms with Gasteiger partial charge in [-0.05, 0) is 135 Å². The topological polar surface area (TPSA) is 3.24 Å². The SMILES string of the molecule is CCCCC/C=C\C/C=C\CCCCCCCCC1(CCCCCCCC/C=C\C/C=C\CCCCC)CC(CCCN(C)C)C1. The van der Waals surface area contributed by atoms with Gasteiger partial charge >= 0.3 is 0 Å². The minimum atomic E-state index is 0.716. The molecule has 0 atom stereocenters. The van der Waals surface area contributed by atoms with Crippen LogP contribution in [0.3, 0.4) is 0 Å². The predicted molar refractivity (Wildman–Crippen MR) is 211 cm³/mol.